The Hall–Kier alpha value is -2.34. The highest BCUT2D eigenvalue weighted by Crippen LogP contribution is 2.38. The minimum atomic E-state index is -3.27. The molecule has 0 aliphatic heterocycles. The van der Waals surface area contributed by atoms with Gasteiger partial charge in [0.25, 0.3) is 0 Å². The van der Waals surface area contributed by atoms with Gasteiger partial charge < -0.3 is 10.2 Å². The summed E-state index contributed by atoms with van der Waals surface area (Å²) in [6.45, 7) is 0. The van der Waals surface area contributed by atoms with Gasteiger partial charge in [-0.05, 0) is 0 Å². The summed E-state index contributed by atoms with van der Waals surface area (Å²) in [5.74, 6) is -26.2. The van der Waals surface area contributed by atoms with Crippen molar-refractivity contribution in [2.24, 2.45) is 0 Å². The smallest absolute Gasteiger partial charge is 0.200 e. The van der Waals surface area contributed by atoms with Gasteiger partial charge in [0, 0.05) is 0 Å². The first-order valence-corrected chi connectivity index (χ1v) is 6.32. The lowest BCUT2D eigenvalue weighted by atomic mass is 9.95. The Morgan fingerprint density at radius 3 is 0.692 bits per heavy atom. The molecule has 0 heterocycles. The lowest BCUT2D eigenvalue weighted by Crippen LogP contribution is -2.20. The van der Waals surface area contributed by atoms with Crippen molar-refractivity contribution in [2.45, 2.75) is 12.2 Å². The van der Waals surface area contributed by atoms with E-state index in [1.807, 2.05) is 0 Å². The van der Waals surface area contributed by atoms with Gasteiger partial charge in [-0.15, -0.1) is 0 Å². The first-order valence-electron chi connectivity index (χ1n) is 6.32. The Morgan fingerprint density at radius 1 is 0.346 bits per heavy atom. The fraction of sp³-hybridized carbons (Fsp3) is 0.143. The van der Waals surface area contributed by atoms with E-state index in [0.717, 1.165) is 0 Å². The molecule has 0 unspecified atom stereocenters. The van der Waals surface area contributed by atoms with E-state index in [4.69, 9.17) is 0 Å². The Morgan fingerprint density at radius 2 is 0.500 bits per heavy atom. The summed E-state index contributed by atoms with van der Waals surface area (Å²) >= 11 is 0. The van der Waals surface area contributed by atoms with E-state index in [0.29, 0.717) is 0 Å². The van der Waals surface area contributed by atoms with Crippen LogP contribution < -0.4 is 0 Å². The van der Waals surface area contributed by atoms with Crippen molar-refractivity contribution in [3.63, 3.8) is 0 Å². The third kappa shape index (κ3) is 2.78. The molecule has 0 aromatic heterocycles. The largest absolute Gasteiger partial charge is 0.385 e. The normalized spacial score (nSPS) is 13.8. The van der Waals surface area contributed by atoms with Crippen LogP contribution >= 0.6 is 0 Å². The predicted octanol–water partition coefficient (Wildman–Crippen LogP) is 3.84. The van der Waals surface area contributed by atoms with Crippen LogP contribution in [0.2, 0.25) is 0 Å². The molecule has 0 amide bonds. The van der Waals surface area contributed by atoms with Crippen molar-refractivity contribution < 1.29 is 54.1 Å². The summed E-state index contributed by atoms with van der Waals surface area (Å²) in [5, 5.41) is 19.2. The highest BCUT2D eigenvalue weighted by Gasteiger charge is 2.38. The number of hydrogen-bond donors (Lipinski definition) is 2. The molecule has 26 heavy (non-hydrogen) atoms. The van der Waals surface area contributed by atoms with Crippen molar-refractivity contribution in [3.8, 4) is 0 Å². The SMILES string of the molecule is O[C@H](c1c(F)c(F)c(F)c(F)c1F)[C@@H](O)c1c(F)c(F)c(F)c(F)c1F. The van der Waals surface area contributed by atoms with E-state index in [2.05, 4.69) is 0 Å². The van der Waals surface area contributed by atoms with E-state index in [9.17, 15) is 54.1 Å². The molecule has 0 aliphatic rings. The van der Waals surface area contributed by atoms with Crippen LogP contribution in [0, 0.1) is 58.2 Å². The molecule has 0 bridgehead atoms. The lowest BCUT2D eigenvalue weighted by molar-refractivity contribution is 0.00639. The number of rotatable bonds is 3. The average molecular weight is 394 g/mol. The van der Waals surface area contributed by atoms with Crippen LogP contribution in [0.4, 0.5) is 43.9 Å². The number of benzene rings is 2. The summed E-state index contributed by atoms with van der Waals surface area (Å²) in [6.07, 6.45) is -6.54. The molecule has 2 nitrogen and oxygen atoms in total. The van der Waals surface area contributed by atoms with Crippen molar-refractivity contribution in [3.05, 3.63) is 69.3 Å². The van der Waals surface area contributed by atoms with Gasteiger partial charge in [0.1, 0.15) is 12.2 Å². The Bertz CT molecular complexity index is 767. The summed E-state index contributed by atoms with van der Waals surface area (Å²) in [6, 6.07) is 0. The van der Waals surface area contributed by atoms with Gasteiger partial charge in [-0.1, -0.05) is 0 Å². The molecule has 0 fully saturated rings. The molecule has 0 saturated heterocycles. The molecule has 0 spiro atoms. The molecule has 12 heteroatoms. The molecule has 2 rings (SSSR count). The zero-order valence-electron chi connectivity index (χ0n) is 11.8. The summed E-state index contributed by atoms with van der Waals surface area (Å²) in [4.78, 5) is 0. The van der Waals surface area contributed by atoms with E-state index >= 15 is 0 Å². The van der Waals surface area contributed by atoms with Gasteiger partial charge in [-0.3, -0.25) is 0 Å². The van der Waals surface area contributed by atoms with Gasteiger partial charge in [-0.25, -0.2) is 43.9 Å². The van der Waals surface area contributed by atoms with Gasteiger partial charge in [0.15, 0.2) is 46.5 Å². The quantitative estimate of drug-likeness (QED) is 0.472. The van der Waals surface area contributed by atoms with E-state index in [1.165, 1.54) is 0 Å². The van der Waals surface area contributed by atoms with Gasteiger partial charge >= 0.3 is 0 Å². The molecule has 0 radical (unpaired) electrons. The Balaban J connectivity index is 2.69. The highest BCUT2D eigenvalue weighted by molar-refractivity contribution is 5.32. The second-order valence-corrected chi connectivity index (χ2v) is 4.86. The van der Waals surface area contributed by atoms with Gasteiger partial charge in [-0.2, -0.15) is 0 Å². The topological polar surface area (TPSA) is 40.5 Å². The number of hydrogen-bond acceptors (Lipinski definition) is 2. The maximum atomic E-state index is 13.6. The Labute approximate surface area is 136 Å². The van der Waals surface area contributed by atoms with E-state index < -0.39 is 81.5 Å². The van der Waals surface area contributed by atoms with E-state index in [1.54, 1.807) is 0 Å². The van der Waals surface area contributed by atoms with Crippen LogP contribution in [0.1, 0.15) is 23.3 Å². The van der Waals surface area contributed by atoms with Crippen molar-refractivity contribution in [2.75, 3.05) is 0 Å². The standard InChI is InChI=1S/C14H4F10O2/c15-3-1(4(16)8(20)11(23)7(3)19)13(25)14(26)2-5(17)9(21)12(24)10(22)6(2)18/h13-14,25-26H/t13-,14+. The summed E-state index contributed by atoms with van der Waals surface area (Å²) < 4.78 is 133. The fourth-order valence-electron chi connectivity index (χ4n) is 2.08. The van der Waals surface area contributed by atoms with Crippen molar-refractivity contribution in [1.29, 1.82) is 0 Å². The van der Waals surface area contributed by atoms with Crippen molar-refractivity contribution >= 4 is 0 Å². The molecule has 2 aromatic carbocycles. The van der Waals surface area contributed by atoms with Crippen LogP contribution in [0.15, 0.2) is 0 Å². The summed E-state index contributed by atoms with van der Waals surface area (Å²) in [7, 11) is 0. The second kappa shape index (κ2) is 6.76. The molecular formula is C14H4F10O2. The van der Waals surface area contributed by atoms with Crippen LogP contribution in [0.5, 0.6) is 0 Å². The minimum absolute atomic E-state index is 2.13. The fourth-order valence-corrected chi connectivity index (χ4v) is 2.08. The minimum Gasteiger partial charge on any atom is -0.385 e. The molecule has 0 saturated carbocycles. The van der Waals surface area contributed by atoms with E-state index in [-0.39, 0.29) is 0 Å². The Kier molecular flexibility index (Phi) is 5.19. The number of halogens is 10. The molecular weight excluding hydrogens is 390 g/mol. The second-order valence-electron chi connectivity index (χ2n) is 4.86. The zero-order valence-corrected chi connectivity index (χ0v) is 11.8. The van der Waals surface area contributed by atoms with Crippen LogP contribution in [-0.2, 0) is 0 Å². The molecule has 2 aromatic rings. The highest BCUT2D eigenvalue weighted by atomic mass is 19.2. The van der Waals surface area contributed by atoms with Gasteiger partial charge in [0.05, 0.1) is 11.1 Å². The average Bonchev–Trinajstić information content (AvgIpc) is 2.61. The van der Waals surface area contributed by atoms with Crippen LogP contribution in [0.3, 0.4) is 0 Å². The third-order valence-corrected chi connectivity index (χ3v) is 3.38. The number of aliphatic hydroxyl groups excluding tert-OH is 2. The van der Waals surface area contributed by atoms with Crippen LogP contribution in [0.25, 0.3) is 0 Å². The first kappa shape index (κ1) is 20.0. The molecule has 142 valence electrons. The third-order valence-electron chi connectivity index (χ3n) is 3.38. The monoisotopic (exact) mass is 394 g/mol. The zero-order chi connectivity index (χ0) is 20.1. The maximum absolute atomic E-state index is 13.6. The van der Waals surface area contributed by atoms with Gasteiger partial charge in [0.2, 0.25) is 11.6 Å². The lowest BCUT2D eigenvalue weighted by Gasteiger charge is -2.21. The maximum Gasteiger partial charge on any atom is 0.200 e. The molecule has 0 aliphatic carbocycles. The van der Waals surface area contributed by atoms with Crippen molar-refractivity contribution in [1.82, 2.24) is 0 Å². The number of aliphatic hydroxyl groups is 2. The first-order chi connectivity index (χ1) is 11.9. The molecule has 2 N–H and O–H groups in total. The summed E-state index contributed by atoms with van der Waals surface area (Å²) in [5.41, 5.74) is -4.25. The predicted molar refractivity (Wildman–Crippen MR) is 62.4 cm³/mol. The van der Waals surface area contributed by atoms with Crippen LogP contribution in [-0.4, -0.2) is 10.2 Å². The molecule has 2 atom stereocenters.